The van der Waals surface area contributed by atoms with E-state index in [1.807, 2.05) is 13.8 Å². The molecule has 1 unspecified atom stereocenters. The largest absolute Gasteiger partial charge is 0.444 e. The Labute approximate surface area is 144 Å². The smallest absolute Gasteiger partial charge is 0.239 e. The Morgan fingerprint density at radius 3 is 2.71 bits per heavy atom. The molecular weight excluding hydrogens is 330 g/mol. The molecule has 0 saturated carbocycles. The van der Waals surface area contributed by atoms with Gasteiger partial charge in [0.1, 0.15) is 11.7 Å². The summed E-state index contributed by atoms with van der Waals surface area (Å²) < 4.78 is 5.42. The normalized spacial score (nSPS) is 17.4. The summed E-state index contributed by atoms with van der Waals surface area (Å²) in [6.45, 7) is 4.35. The lowest BCUT2D eigenvalue weighted by atomic mass is 10.1. The number of nitrogens with one attached hydrogen (secondary N) is 1. The monoisotopic (exact) mass is 347 g/mol. The van der Waals surface area contributed by atoms with Crippen molar-refractivity contribution in [3.05, 3.63) is 46.6 Å². The van der Waals surface area contributed by atoms with Gasteiger partial charge in [-0.15, -0.1) is 0 Å². The summed E-state index contributed by atoms with van der Waals surface area (Å²) in [6.07, 6.45) is 0.483. The second-order valence-corrected chi connectivity index (χ2v) is 6.21. The predicted molar refractivity (Wildman–Crippen MR) is 89.7 cm³/mol. The molecule has 1 aliphatic heterocycles. The van der Waals surface area contributed by atoms with Crippen molar-refractivity contribution in [1.82, 2.24) is 10.3 Å². The zero-order chi connectivity index (χ0) is 17.3. The Balaban J connectivity index is 1.62. The molecule has 1 fully saturated rings. The van der Waals surface area contributed by atoms with Crippen LogP contribution in [0.5, 0.6) is 0 Å². The number of oxazole rings is 1. The minimum atomic E-state index is -0.683. The molecule has 24 heavy (non-hydrogen) atoms. The summed E-state index contributed by atoms with van der Waals surface area (Å²) >= 11 is 5.86. The number of nitrogens with zero attached hydrogens (tertiary/aromatic N) is 2. The average molecular weight is 348 g/mol. The van der Waals surface area contributed by atoms with E-state index in [-0.39, 0.29) is 18.4 Å². The maximum absolute atomic E-state index is 12.5. The highest BCUT2D eigenvalue weighted by Gasteiger charge is 2.37. The van der Waals surface area contributed by atoms with E-state index in [4.69, 9.17) is 16.0 Å². The minimum absolute atomic E-state index is 0.179. The lowest BCUT2D eigenvalue weighted by Gasteiger charge is -2.16. The number of anilines is 1. The second-order valence-electron chi connectivity index (χ2n) is 5.77. The standard InChI is InChI=1S/C17H18ClN3O3/c1-10-11(2)24-15(20-10)9-19-16(22)14-7-8-21(17(14)23)13-5-3-12(18)4-6-13/h3-6,14H,7-9H2,1-2H3,(H,19,22). The molecule has 1 aliphatic rings. The molecule has 0 bridgehead atoms. The van der Waals surface area contributed by atoms with Crippen molar-refractivity contribution >= 4 is 29.1 Å². The number of hydrogen-bond acceptors (Lipinski definition) is 4. The van der Waals surface area contributed by atoms with Gasteiger partial charge in [-0.1, -0.05) is 11.6 Å². The summed E-state index contributed by atoms with van der Waals surface area (Å²) in [4.78, 5) is 30.6. The first kappa shape index (κ1) is 16.5. The molecule has 0 spiro atoms. The molecular formula is C17H18ClN3O3. The van der Waals surface area contributed by atoms with Crippen LogP contribution in [0.3, 0.4) is 0 Å². The SMILES string of the molecule is Cc1nc(CNC(=O)C2CCN(c3ccc(Cl)cc3)C2=O)oc1C. The number of aryl methyl sites for hydroxylation is 2. The van der Waals surface area contributed by atoms with Crippen LogP contribution in [0.15, 0.2) is 28.7 Å². The van der Waals surface area contributed by atoms with E-state index in [1.54, 1.807) is 29.2 Å². The molecule has 0 aliphatic carbocycles. The summed E-state index contributed by atoms with van der Waals surface area (Å²) in [5.41, 5.74) is 1.55. The third-order valence-corrected chi connectivity index (χ3v) is 4.40. The van der Waals surface area contributed by atoms with Crippen molar-refractivity contribution < 1.29 is 14.0 Å². The van der Waals surface area contributed by atoms with Crippen LogP contribution < -0.4 is 10.2 Å². The van der Waals surface area contributed by atoms with Gasteiger partial charge < -0.3 is 14.6 Å². The molecule has 6 nitrogen and oxygen atoms in total. The summed E-state index contributed by atoms with van der Waals surface area (Å²) in [5, 5.41) is 3.34. The maximum Gasteiger partial charge on any atom is 0.239 e. The fraction of sp³-hybridized carbons (Fsp3) is 0.353. The number of hydrogen-bond donors (Lipinski definition) is 1. The Morgan fingerprint density at radius 1 is 1.38 bits per heavy atom. The van der Waals surface area contributed by atoms with Crippen molar-refractivity contribution in [2.75, 3.05) is 11.4 Å². The number of benzene rings is 1. The molecule has 2 heterocycles. The van der Waals surface area contributed by atoms with Gasteiger partial charge in [0.25, 0.3) is 0 Å². The highest BCUT2D eigenvalue weighted by Crippen LogP contribution is 2.26. The van der Waals surface area contributed by atoms with Gasteiger partial charge in [0, 0.05) is 17.3 Å². The van der Waals surface area contributed by atoms with E-state index in [9.17, 15) is 9.59 Å². The van der Waals surface area contributed by atoms with Crippen LogP contribution in [0.2, 0.25) is 5.02 Å². The fourth-order valence-electron chi connectivity index (χ4n) is 2.70. The van der Waals surface area contributed by atoms with E-state index in [1.165, 1.54) is 0 Å². The van der Waals surface area contributed by atoms with E-state index >= 15 is 0 Å². The second kappa shape index (κ2) is 6.65. The van der Waals surface area contributed by atoms with E-state index in [0.29, 0.717) is 23.9 Å². The molecule has 1 N–H and O–H groups in total. The van der Waals surface area contributed by atoms with Crippen LogP contribution in [0, 0.1) is 19.8 Å². The molecule has 1 saturated heterocycles. The van der Waals surface area contributed by atoms with Crippen molar-refractivity contribution in [2.45, 2.75) is 26.8 Å². The van der Waals surface area contributed by atoms with Crippen LogP contribution in [-0.4, -0.2) is 23.3 Å². The number of aromatic nitrogens is 1. The van der Waals surface area contributed by atoms with Crippen LogP contribution in [-0.2, 0) is 16.1 Å². The molecule has 2 aromatic rings. The number of rotatable bonds is 4. The van der Waals surface area contributed by atoms with E-state index in [0.717, 1.165) is 17.1 Å². The summed E-state index contributed by atoms with van der Waals surface area (Å²) in [5.74, 6) is -0.0131. The van der Waals surface area contributed by atoms with Gasteiger partial charge in [-0.3, -0.25) is 9.59 Å². The molecule has 1 atom stereocenters. The zero-order valence-electron chi connectivity index (χ0n) is 13.5. The first-order valence-electron chi connectivity index (χ1n) is 7.73. The molecule has 0 radical (unpaired) electrons. The quantitative estimate of drug-likeness (QED) is 0.863. The van der Waals surface area contributed by atoms with E-state index < -0.39 is 5.92 Å². The Kier molecular flexibility index (Phi) is 4.57. The van der Waals surface area contributed by atoms with Crippen LogP contribution >= 0.6 is 11.6 Å². The van der Waals surface area contributed by atoms with Crippen molar-refractivity contribution in [3.63, 3.8) is 0 Å². The minimum Gasteiger partial charge on any atom is -0.444 e. The van der Waals surface area contributed by atoms with Gasteiger partial charge in [-0.25, -0.2) is 4.98 Å². The number of amides is 2. The lowest BCUT2D eigenvalue weighted by molar-refractivity contribution is -0.132. The fourth-order valence-corrected chi connectivity index (χ4v) is 2.83. The van der Waals surface area contributed by atoms with Gasteiger partial charge in [-0.05, 0) is 44.5 Å². The summed E-state index contributed by atoms with van der Waals surface area (Å²) in [6, 6.07) is 7.01. The highest BCUT2D eigenvalue weighted by molar-refractivity contribution is 6.30. The Hall–Kier alpha value is -2.34. The molecule has 1 aromatic heterocycles. The first-order valence-corrected chi connectivity index (χ1v) is 8.11. The van der Waals surface area contributed by atoms with Crippen LogP contribution in [0.4, 0.5) is 5.69 Å². The Bertz CT molecular complexity index is 750. The number of halogens is 1. The highest BCUT2D eigenvalue weighted by atomic mass is 35.5. The van der Waals surface area contributed by atoms with Crippen LogP contribution in [0.1, 0.15) is 23.8 Å². The third kappa shape index (κ3) is 3.28. The van der Waals surface area contributed by atoms with Crippen molar-refractivity contribution in [2.24, 2.45) is 5.92 Å². The third-order valence-electron chi connectivity index (χ3n) is 4.15. The molecule has 2 amide bonds. The van der Waals surface area contributed by atoms with Crippen LogP contribution in [0.25, 0.3) is 0 Å². The molecule has 126 valence electrons. The summed E-state index contributed by atoms with van der Waals surface area (Å²) in [7, 11) is 0. The average Bonchev–Trinajstić information content (AvgIpc) is 3.09. The number of carbonyl (C=O) groups is 2. The predicted octanol–water partition coefficient (Wildman–Crippen LogP) is 2.61. The lowest BCUT2D eigenvalue weighted by Crippen LogP contribution is -2.36. The molecule has 7 heteroatoms. The number of carbonyl (C=O) groups excluding carboxylic acids is 2. The van der Waals surface area contributed by atoms with Gasteiger partial charge in [-0.2, -0.15) is 0 Å². The molecule has 1 aromatic carbocycles. The maximum atomic E-state index is 12.5. The van der Waals surface area contributed by atoms with Gasteiger partial charge in [0.2, 0.25) is 17.7 Å². The molecule has 3 rings (SSSR count). The van der Waals surface area contributed by atoms with Gasteiger partial charge in [0.15, 0.2) is 0 Å². The van der Waals surface area contributed by atoms with Crippen molar-refractivity contribution in [1.29, 1.82) is 0 Å². The first-order chi connectivity index (χ1) is 11.5. The zero-order valence-corrected chi connectivity index (χ0v) is 14.3. The Morgan fingerprint density at radius 2 is 2.08 bits per heavy atom. The van der Waals surface area contributed by atoms with E-state index in [2.05, 4.69) is 10.3 Å². The van der Waals surface area contributed by atoms with Crippen molar-refractivity contribution in [3.8, 4) is 0 Å². The van der Waals surface area contributed by atoms with Gasteiger partial charge in [0.05, 0.1) is 12.2 Å². The van der Waals surface area contributed by atoms with Gasteiger partial charge >= 0.3 is 0 Å². The topological polar surface area (TPSA) is 75.4 Å².